The van der Waals surface area contributed by atoms with Gasteiger partial charge in [0.2, 0.25) is 11.8 Å². The van der Waals surface area contributed by atoms with Gasteiger partial charge in [-0.2, -0.15) is 0 Å². The zero-order valence-electron chi connectivity index (χ0n) is 23.6. The Bertz CT molecular complexity index is 1360. The minimum Gasteiger partial charge on any atom is -0.350 e. The summed E-state index contributed by atoms with van der Waals surface area (Å²) in [6.07, 6.45) is 0.523. The second kappa shape index (κ2) is 12.5. The highest BCUT2D eigenvalue weighted by atomic mass is 32.2. The van der Waals surface area contributed by atoms with Crippen molar-refractivity contribution in [2.24, 2.45) is 0 Å². The number of carbonyl (C=O) groups excluding carboxylic acids is 2. The van der Waals surface area contributed by atoms with Gasteiger partial charge in [0, 0.05) is 12.1 Å². The van der Waals surface area contributed by atoms with E-state index in [1.807, 2.05) is 77.1 Å². The van der Waals surface area contributed by atoms with Crippen molar-refractivity contribution in [3.8, 4) is 0 Å². The molecule has 3 aromatic carbocycles. The predicted octanol–water partition coefficient (Wildman–Crippen LogP) is 4.87. The van der Waals surface area contributed by atoms with Gasteiger partial charge in [0.1, 0.15) is 12.6 Å². The first-order valence-corrected chi connectivity index (χ1v) is 14.5. The molecule has 0 heterocycles. The molecule has 0 aliphatic heterocycles. The molecule has 3 rings (SSSR count). The maximum atomic E-state index is 13.9. The fourth-order valence-corrected chi connectivity index (χ4v) is 5.54. The molecule has 0 radical (unpaired) electrons. The lowest BCUT2D eigenvalue weighted by Crippen LogP contribution is -2.55. The first-order chi connectivity index (χ1) is 18.3. The zero-order chi connectivity index (χ0) is 28.8. The minimum absolute atomic E-state index is 0.0934. The van der Waals surface area contributed by atoms with Gasteiger partial charge in [-0.05, 0) is 77.8 Å². The van der Waals surface area contributed by atoms with Crippen LogP contribution in [0.15, 0.2) is 83.8 Å². The van der Waals surface area contributed by atoms with Crippen LogP contribution in [0.25, 0.3) is 0 Å². The third-order valence-electron chi connectivity index (χ3n) is 6.36. The molecule has 0 unspecified atom stereocenters. The topological polar surface area (TPSA) is 86.8 Å². The van der Waals surface area contributed by atoms with Crippen molar-refractivity contribution in [3.63, 3.8) is 0 Å². The van der Waals surface area contributed by atoms with Crippen LogP contribution in [0.5, 0.6) is 0 Å². The van der Waals surface area contributed by atoms with Crippen LogP contribution >= 0.6 is 0 Å². The average Bonchev–Trinajstić information content (AvgIpc) is 2.87. The summed E-state index contributed by atoms with van der Waals surface area (Å²) < 4.78 is 28.8. The molecule has 8 heteroatoms. The summed E-state index contributed by atoms with van der Waals surface area (Å²) in [5.74, 6) is -0.758. The van der Waals surface area contributed by atoms with Gasteiger partial charge < -0.3 is 10.2 Å². The molecule has 0 aromatic heterocycles. The van der Waals surface area contributed by atoms with Gasteiger partial charge in [-0.3, -0.25) is 13.9 Å². The van der Waals surface area contributed by atoms with Gasteiger partial charge in [0.25, 0.3) is 10.0 Å². The van der Waals surface area contributed by atoms with Gasteiger partial charge in [0.05, 0.1) is 10.6 Å². The van der Waals surface area contributed by atoms with Gasteiger partial charge >= 0.3 is 0 Å². The lowest BCUT2D eigenvalue weighted by atomic mass is 10.1. The number of hydrogen-bond donors (Lipinski definition) is 1. The Morgan fingerprint density at radius 2 is 1.38 bits per heavy atom. The number of sulfonamides is 1. The summed E-state index contributed by atoms with van der Waals surface area (Å²) in [7, 11) is -4.07. The number of carbonyl (C=O) groups is 2. The SMILES string of the molecule is Cc1ccc(N(CC(=O)N(CCc2ccccc2)[C@@H](C)C(=O)NC(C)(C)C)S(=O)(=O)c2ccc(C)cc2)cc1. The summed E-state index contributed by atoms with van der Waals surface area (Å²) in [5, 5.41) is 2.94. The molecule has 7 nitrogen and oxygen atoms in total. The van der Waals surface area contributed by atoms with E-state index in [0.29, 0.717) is 12.1 Å². The quantitative estimate of drug-likeness (QED) is 0.391. The second-order valence-electron chi connectivity index (χ2n) is 10.9. The number of nitrogens with one attached hydrogen (secondary N) is 1. The highest BCUT2D eigenvalue weighted by Gasteiger charge is 2.33. The average molecular weight is 550 g/mol. The molecule has 0 aliphatic rings. The molecule has 3 aromatic rings. The first kappa shape index (κ1) is 29.9. The van der Waals surface area contributed by atoms with E-state index in [4.69, 9.17) is 0 Å². The van der Waals surface area contributed by atoms with Gasteiger partial charge in [-0.15, -0.1) is 0 Å². The van der Waals surface area contributed by atoms with Crippen LogP contribution in [0.4, 0.5) is 5.69 Å². The Morgan fingerprint density at radius 3 is 1.92 bits per heavy atom. The van der Waals surface area contributed by atoms with Crippen molar-refractivity contribution >= 4 is 27.5 Å². The molecule has 0 saturated heterocycles. The second-order valence-corrected chi connectivity index (χ2v) is 12.8. The lowest BCUT2D eigenvalue weighted by molar-refractivity contribution is -0.139. The molecule has 208 valence electrons. The number of nitrogens with zero attached hydrogens (tertiary/aromatic N) is 2. The van der Waals surface area contributed by atoms with Crippen molar-refractivity contribution in [3.05, 3.63) is 95.6 Å². The summed E-state index contributed by atoms with van der Waals surface area (Å²) in [4.78, 5) is 28.6. The fraction of sp³-hybridized carbons (Fsp3) is 0.355. The van der Waals surface area contributed by atoms with E-state index < -0.39 is 34.1 Å². The van der Waals surface area contributed by atoms with E-state index >= 15 is 0 Å². The third kappa shape index (κ3) is 8.17. The normalized spacial score (nSPS) is 12.5. The van der Waals surface area contributed by atoms with Crippen LogP contribution in [0.2, 0.25) is 0 Å². The standard InChI is InChI=1S/C31H39N3O4S/c1-23-12-16-27(17-13-23)34(39(37,38)28-18-14-24(2)15-19-28)22-29(35)33(21-20-26-10-8-7-9-11-26)25(3)30(36)32-31(4,5)6/h7-19,25H,20-22H2,1-6H3,(H,32,36)/t25-/m0/s1. The Hall–Kier alpha value is -3.65. The highest BCUT2D eigenvalue weighted by Crippen LogP contribution is 2.25. The zero-order valence-corrected chi connectivity index (χ0v) is 24.5. The maximum Gasteiger partial charge on any atom is 0.264 e. The molecule has 39 heavy (non-hydrogen) atoms. The maximum absolute atomic E-state index is 13.9. The van der Waals surface area contributed by atoms with E-state index in [0.717, 1.165) is 21.0 Å². The Morgan fingerprint density at radius 1 is 0.846 bits per heavy atom. The van der Waals surface area contributed by atoms with Crippen molar-refractivity contribution in [2.45, 2.75) is 64.4 Å². The van der Waals surface area contributed by atoms with Crippen LogP contribution in [0.3, 0.4) is 0 Å². The van der Waals surface area contributed by atoms with E-state index in [1.54, 1.807) is 43.3 Å². The number of rotatable bonds is 10. The van der Waals surface area contributed by atoms with E-state index in [1.165, 1.54) is 4.90 Å². The van der Waals surface area contributed by atoms with E-state index in [-0.39, 0.29) is 17.3 Å². The summed E-state index contributed by atoms with van der Waals surface area (Å²) in [6, 6.07) is 22.4. The number of aryl methyl sites for hydroxylation is 2. The molecule has 0 bridgehead atoms. The minimum atomic E-state index is -4.07. The van der Waals surface area contributed by atoms with Crippen LogP contribution < -0.4 is 9.62 Å². The van der Waals surface area contributed by atoms with Crippen molar-refractivity contribution in [1.82, 2.24) is 10.2 Å². The molecule has 0 spiro atoms. The van der Waals surface area contributed by atoms with Crippen molar-refractivity contribution in [2.75, 3.05) is 17.4 Å². The molecule has 2 amide bonds. The van der Waals surface area contributed by atoms with Gasteiger partial charge in [0.15, 0.2) is 0 Å². The Balaban J connectivity index is 1.98. The molecule has 0 fully saturated rings. The third-order valence-corrected chi connectivity index (χ3v) is 8.15. The number of hydrogen-bond acceptors (Lipinski definition) is 4. The molecule has 0 aliphatic carbocycles. The summed E-state index contributed by atoms with van der Waals surface area (Å²) in [6.45, 7) is 10.9. The van der Waals surface area contributed by atoms with Crippen LogP contribution in [-0.4, -0.2) is 49.8 Å². The molecular formula is C31H39N3O4S. The monoisotopic (exact) mass is 549 g/mol. The predicted molar refractivity (Wildman–Crippen MR) is 156 cm³/mol. The van der Waals surface area contributed by atoms with Gasteiger partial charge in [-0.25, -0.2) is 8.42 Å². The van der Waals surface area contributed by atoms with Crippen LogP contribution in [-0.2, 0) is 26.0 Å². The van der Waals surface area contributed by atoms with E-state index in [9.17, 15) is 18.0 Å². The molecule has 1 atom stereocenters. The van der Waals surface area contributed by atoms with E-state index in [2.05, 4.69) is 5.32 Å². The number of benzene rings is 3. The Kier molecular flexibility index (Phi) is 9.56. The van der Waals surface area contributed by atoms with Crippen LogP contribution in [0.1, 0.15) is 44.4 Å². The number of anilines is 1. The molecular weight excluding hydrogens is 510 g/mol. The van der Waals surface area contributed by atoms with Crippen LogP contribution in [0, 0.1) is 13.8 Å². The van der Waals surface area contributed by atoms with Crippen molar-refractivity contribution < 1.29 is 18.0 Å². The fourth-order valence-electron chi connectivity index (χ4n) is 4.12. The van der Waals surface area contributed by atoms with Gasteiger partial charge in [-0.1, -0.05) is 65.7 Å². The number of amides is 2. The molecule has 1 N–H and O–H groups in total. The Labute approximate surface area is 232 Å². The summed E-state index contributed by atoms with van der Waals surface area (Å²) in [5.41, 5.74) is 2.81. The summed E-state index contributed by atoms with van der Waals surface area (Å²) >= 11 is 0. The smallest absolute Gasteiger partial charge is 0.264 e. The lowest BCUT2D eigenvalue weighted by Gasteiger charge is -2.33. The first-order valence-electron chi connectivity index (χ1n) is 13.1. The largest absolute Gasteiger partial charge is 0.350 e. The highest BCUT2D eigenvalue weighted by molar-refractivity contribution is 7.92. The molecule has 0 saturated carbocycles. The van der Waals surface area contributed by atoms with Crippen molar-refractivity contribution in [1.29, 1.82) is 0 Å².